The number of primary amides is 1. The van der Waals surface area contributed by atoms with E-state index in [1.807, 2.05) is 20.8 Å². The first-order valence-corrected chi connectivity index (χ1v) is 6.91. The molecular formula is C15H19FN4O2. The van der Waals surface area contributed by atoms with Gasteiger partial charge in [0.1, 0.15) is 17.6 Å². The van der Waals surface area contributed by atoms with Crippen LogP contribution in [-0.4, -0.2) is 29.1 Å². The number of amides is 2. The smallest absolute Gasteiger partial charge is 0.267 e. The maximum absolute atomic E-state index is 13.0. The molecule has 0 radical (unpaired) electrons. The molecule has 2 amide bonds. The highest BCUT2D eigenvalue weighted by Gasteiger charge is 2.35. The number of nitrogens with two attached hydrogens (primary N) is 1. The zero-order chi connectivity index (χ0) is 16.5. The van der Waals surface area contributed by atoms with Crippen LogP contribution in [0.5, 0.6) is 0 Å². The molecule has 6 nitrogen and oxygen atoms in total. The number of rotatable bonds is 3. The van der Waals surface area contributed by atoms with E-state index in [1.165, 1.54) is 29.3 Å². The summed E-state index contributed by atoms with van der Waals surface area (Å²) in [7, 11) is 0. The third-order valence-corrected chi connectivity index (χ3v) is 3.08. The van der Waals surface area contributed by atoms with Crippen molar-refractivity contribution in [3.05, 3.63) is 30.1 Å². The summed E-state index contributed by atoms with van der Waals surface area (Å²) >= 11 is 0. The minimum Gasteiger partial charge on any atom is -0.368 e. The Balaban J connectivity index is 2.27. The molecule has 3 N–H and O–H groups in total. The van der Waals surface area contributed by atoms with Crippen molar-refractivity contribution in [3.8, 4) is 0 Å². The molecule has 0 aromatic heterocycles. The highest BCUT2D eigenvalue weighted by atomic mass is 19.1. The van der Waals surface area contributed by atoms with Crippen molar-refractivity contribution in [1.82, 2.24) is 5.32 Å². The van der Waals surface area contributed by atoms with Gasteiger partial charge in [0.05, 0.1) is 5.69 Å². The second-order valence-corrected chi connectivity index (χ2v) is 6.19. The average Bonchev–Trinajstić information content (AvgIpc) is 2.83. The second-order valence-electron chi connectivity index (χ2n) is 6.19. The predicted octanol–water partition coefficient (Wildman–Crippen LogP) is 1.16. The standard InChI is InChI=1S/C15H19FN4O2/c1-15(2,3)18-14(22)11-8-12(13(17)21)20(19-11)10-6-4-9(16)5-7-10/h4-7,12H,8H2,1-3H3,(H2,17,21)(H,18,22). The zero-order valence-corrected chi connectivity index (χ0v) is 12.8. The zero-order valence-electron chi connectivity index (χ0n) is 12.8. The monoisotopic (exact) mass is 306 g/mol. The van der Waals surface area contributed by atoms with Crippen molar-refractivity contribution in [3.63, 3.8) is 0 Å². The van der Waals surface area contributed by atoms with Gasteiger partial charge in [0.15, 0.2) is 0 Å². The number of benzene rings is 1. The van der Waals surface area contributed by atoms with Gasteiger partial charge in [-0.1, -0.05) is 0 Å². The molecule has 0 saturated heterocycles. The number of hydrogen-bond acceptors (Lipinski definition) is 4. The lowest BCUT2D eigenvalue weighted by Crippen LogP contribution is -2.44. The first kappa shape index (κ1) is 15.9. The van der Waals surface area contributed by atoms with Gasteiger partial charge in [-0.15, -0.1) is 0 Å². The van der Waals surface area contributed by atoms with Gasteiger partial charge in [0.2, 0.25) is 5.91 Å². The van der Waals surface area contributed by atoms with Crippen LogP contribution in [0.1, 0.15) is 27.2 Å². The molecule has 1 aromatic carbocycles. The Morgan fingerprint density at radius 1 is 1.32 bits per heavy atom. The van der Waals surface area contributed by atoms with Crippen LogP contribution >= 0.6 is 0 Å². The van der Waals surface area contributed by atoms with Crippen LogP contribution in [-0.2, 0) is 9.59 Å². The Morgan fingerprint density at radius 2 is 1.91 bits per heavy atom. The SMILES string of the molecule is CC(C)(C)NC(=O)C1=NN(c2ccc(F)cc2)C(C(N)=O)C1. The number of hydrazone groups is 1. The largest absolute Gasteiger partial charge is 0.368 e. The Morgan fingerprint density at radius 3 is 2.41 bits per heavy atom. The molecule has 2 rings (SSSR count). The van der Waals surface area contributed by atoms with Crippen molar-refractivity contribution in [1.29, 1.82) is 0 Å². The fraction of sp³-hybridized carbons (Fsp3) is 0.400. The molecule has 7 heteroatoms. The fourth-order valence-corrected chi connectivity index (χ4v) is 2.11. The quantitative estimate of drug-likeness (QED) is 0.878. The summed E-state index contributed by atoms with van der Waals surface area (Å²) in [4.78, 5) is 23.8. The number of nitrogens with zero attached hydrogens (tertiary/aromatic N) is 2. The molecular weight excluding hydrogens is 287 g/mol. The summed E-state index contributed by atoms with van der Waals surface area (Å²) in [5, 5.41) is 8.34. The fourth-order valence-electron chi connectivity index (χ4n) is 2.11. The predicted molar refractivity (Wildman–Crippen MR) is 81.8 cm³/mol. The molecule has 22 heavy (non-hydrogen) atoms. The molecule has 0 saturated carbocycles. The average molecular weight is 306 g/mol. The van der Waals surface area contributed by atoms with E-state index < -0.39 is 23.3 Å². The van der Waals surface area contributed by atoms with Gasteiger partial charge in [-0.25, -0.2) is 4.39 Å². The maximum atomic E-state index is 13.0. The van der Waals surface area contributed by atoms with Gasteiger partial charge in [-0.05, 0) is 45.0 Å². The normalized spacial score (nSPS) is 18.1. The molecule has 1 aromatic rings. The summed E-state index contributed by atoms with van der Waals surface area (Å²) in [6, 6.07) is 4.73. The van der Waals surface area contributed by atoms with Crippen molar-refractivity contribution in [2.75, 3.05) is 5.01 Å². The van der Waals surface area contributed by atoms with Crippen molar-refractivity contribution >= 4 is 23.2 Å². The summed E-state index contributed by atoms with van der Waals surface area (Å²) in [6.45, 7) is 5.55. The highest BCUT2D eigenvalue weighted by Crippen LogP contribution is 2.25. The van der Waals surface area contributed by atoms with E-state index in [0.29, 0.717) is 5.69 Å². The molecule has 0 fully saturated rings. The number of anilines is 1. The van der Waals surface area contributed by atoms with Crippen molar-refractivity contribution in [2.45, 2.75) is 38.8 Å². The van der Waals surface area contributed by atoms with Crippen LogP contribution < -0.4 is 16.1 Å². The van der Waals surface area contributed by atoms with E-state index in [-0.39, 0.29) is 18.0 Å². The van der Waals surface area contributed by atoms with E-state index >= 15 is 0 Å². The molecule has 0 aliphatic carbocycles. The summed E-state index contributed by atoms with van der Waals surface area (Å²) in [5.74, 6) is -1.33. The lowest BCUT2D eigenvalue weighted by Gasteiger charge is -2.20. The molecule has 1 unspecified atom stereocenters. The lowest BCUT2D eigenvalue weighted by atomic mass is 10.1. The first-order valence-electron chi connectivity index (χ1n) is 6.91. The van der Waals surface area contributed by atoms with Gasteiger partial charge < -0.3 is 11.1 Å². The van der Waals surface area contributed by atoms with Gasteiger partial charge in [-0.2, -0.15) is 5.10 Å². The lowest BCUT2D eigenvalue weighted by molar-refractivity contribution is -0.119. The van der Waals surface area contributed by atoms with E-state index in [9.17, 15) is 14.0 Å². The number of nitrogens with one attached hydrogen (secondary N) is 1. The molecule has 1 aliphatic heterocycles. The van der Waals surface area contributed by atoms with Gasteiger partial charge in [0.25, 0.3) is 5.91 Å². The molecule has 0 bridgehead atoms. The third-order valence-electron chi connectivity index (χ3n) is 3.08. The van der Waals surface area contributed by atoms with Gasteiger partial charge in [-0.3, -0.25) is 14.6 Å². The number of hydrogen-bond donors (Lipinski definition) is 2. The number of carbonyl (C=O) groups is 2. The van der Waals surface area contributed by atoms with Crippen molar-refractivity contribution < 1.29 is 14.0 Å². The minimum atomic E-state index is -0.758. The Hall–Kier alpha value is -2.44. The summed E-state index contributed by atoms with van der Waals surface area (Å²) in [6.07, 6.45) is 0.120. The molecule has 0 spiro atoms. The Bertz CT molecular complexity index is 619. The molecule has 1 heterocycles. The minimum absolute atomic E-state index is 0.120. The first-order chi connectivity index (χ1) is 10.2. The van der Waals surface area contributed by atoms with Crippen LogP contribution in [0.4, 0.5) is 10.1 Å². The van der Waals surface area contributed by atoms with Crippen LogP contribution in [0.15, 0.2) is 29.4 Å². The van der Waals surface area contributed by atoms with E-state index in [2.05, 4.69) is 10.4 Å². The van der Waals surface area contributed by atoms with Crippen LogP contribution in [0.2, 0.25) is 0 Å². The molecule has 1 aliphatic rings. The highest BCUT2D eigenvalue weighted by molar-refractivity contribution is 6.40. The van der Waals surface area contributed by atoms with E-state index in [4.69, 9.17) is 5.73 Å². The third kappa shape index (κ3) is 3.60. The second kappa shape index (κ2) is 5.75. The van der Waals surface area contributed by atoms with Crippen LogP contribution in [0.3, 0.4) is 0 Å². The van der Waals surface area contributed by atoms with Crippen LogP contribution in [0.25, 0.3) is 0 Å². The molecule has 118 valence electrons. The summed E-state index contributed by atoms with van der Waals surface area (Å²) < 4.78 is 13.0. The van der Waals surface area contributed by atoms with Gasteiger partial charge in [0, 0.05) is 12.0 Å². The van der Waals surface area contributed by atoms with Crippen molar-refractivity contribution in [2.24, 2.45) is 10.8 Å². The Kier molecular flexibility index (Phi) is 4.16. The van der Waals surface area contributed by atoms with E-state index in [1.54, 1.807) is 0 Å². The topological polar surface area (TPSA) is 87.8 Å². The van der Waals surface area contributed by atoms with Crippen LogP contribution in [0, 0.1) is 5.82 Å². The van der Waals surface area contributed by atoms with E-state index in [0.717, 1.165) is 0 Å². The summed E-state index contributed by atoms with van der Waals surface area (Å²) in [5.41, 5.74) is 5.70. The van der Waals surface area contributed by atoms with Gasteiger partial charge >= 0.3 is 0 Å². The Labute approximate surface area is 128 Å². The molecule has 1 atom stereocenters. The maximum Gasteiger partial charge on any atom is 0.267 e. The number of halogens is 1. The number of carbonyl (C=O) groups excluding carboxylic acids is 2.